The number of fused-ring (bicyclic) bond motifs is 3. The Morgan fingerprint density at radius 3 is 2.69 bits per heavy atom. The smallest absolute Gasteiger partial charge is 0.348 e. The molecule has 1 aliphatic rings. The number of esters is 2. The molecule has 0 spiro atoms. The number of thiophene rings is 2. The number of ether oxygens (including phenoxy) is 2. The van der Waals surface area contributed by atoms with E-state index in [-0.39, 0.29) is 24.5 Å². The van der Waals surface area contributed by atoms with Gasteiger partial charge in [0.25, 0.3) is 0 Å². The van der Waals surface area contributed by atoms with E-state index in [0.29, 0.717) is 4.88 Å². The van der Waals surface area contributed by atoms with Gasteiger partial charge in [-0.15, -0.1) is 22.7 Å². The van der Waals surface area contributed by atoms with Crippen molar-refractivity contribution in [2.24, 2.45) is 0 Å². The quantitative estimate of drug-likeness (QED) is 0.601. The minimum Gasteiger partial charge on any atom is -0.463 e. The molecule has 0 radical (unpaired) electrons. The second-order valence-corrected chi connectivity index (χ2v) is 8.55. The fourth-order valence-electron chi connectivity index (χ4n) is 3.20. The number of rotatable bonds is 5. The molecular weight excluding hydrogens is 412 g/mol. The second kappa shape index (κ2) is 7.84. The minimum absolute atomic E-state index is 0.204. The first-order valence-electron chi connectivity index (χ1n) is 9.03. The molecule has 0 fully saturated rings. The highest BCUT2D eigenvalue weighted by Crippen LogP contribution is 2.39. The van der Waals surface area contributed by atoms with Crippen LogP contribution >= 0.6 is 22.7 Å². The Balaban J connectivity index is 1.55. The summed E-state index contributed by atoms with van der Waals surface area (Å²) in [5, 5.41) is 6.26. The van der Waals surface area contributed by atoms with E-state index in [4.69, 9.17) is 9.47 Å². The van der Waals surface area contributed by atoms with Crippen LogP contribution in [0.15, 0.2) is 41.6 Å². The van der Waals surface area contributed by atoms with Crippen molar-refractivity contribution in [3.63, 3.8) is 0 Å². The second-order valence-electron chi connectivity index (χ2n) is 6.41. The SMILES string of the molecule is CCOC(=O)C1=C(COC(=O)c2cc3sc4ccccc4c3s2)NC(=O)NC1C. The van der Waals surface area contributed by atoms with Crippen molar-refractivity contribution >= 4 is 60.1 Å². The average molecular weight is 431 g/mol. The standard InChI is InChI=1S/C20H18N2O5S2/c1-3-26-19(24)16-10(2)21-20(25)22-12(16)9-27-18(23)15-8-14-17(29-15)11-6-4-5-7-13(11)28-14/h4-8,10H,3,9H2,1-2H3,(H2,21,22,25). The lowest BCUT2D eigenvalue weighted by Crippen LogP contribution is -2.50. The first-order chi connectivity index (χ1) is 14.0. The van der Waals surface area contributed by atoms with Crippen molar-refractivity contribution in [3.05, 3.63) is 46.5 Å². The third-order valence-electron chi connectivity index (χ3n) is 4.46. The van der Waals surface area contributed by atoms with E-state index in [9.17, 15) is 14.4 Å². The molecule has 3 aromatic rings. The molecule has 1 aromatic carbocycles. The average Bonchev–Trinajstić information content (AvgIpc) is 3.23. The Kier molecular flexibility index (Phi) is 5.25. The Morgan fingerprint density at radius 2 is 1.90 bits per heavy atom. The molecule has 0 aliphatic carbocycles. The normalized spacial score (nSPS) is 16.6. The number of carbonyl (C=O) groups is 3. The van der Waals surface area contributed by atoms with Crippen molar-refractivity contribution in [2.75, 3.05) is 13.2 Å². The van der Waals surface area contributed by atoms with Gasteiger partial charge in [-0.05, 0) is 26.0 Å². The van der Waals surface area contributed by atoms with Gasteiger partial charge in [0, 0.05) is 14.8 Å². The predicted molar refractivity (Wildman–Crippen MR) is 112 cm³/mol. The summed E-state index contributed by atoms with van der Waals surface area (Å²) >= 11 is 3.00. The van der Waals surface area contributed by atoms with Crippen molar-refractivity contribution in [1.82, 2.24) is 10.6 Å². The maximum Gasteiger partial charge on any atom is 0.348 e. The zero-order chi connectivity index (χ0) is 20.5. The summed E-state index contributed by atoms with van der Waals surface area (Å²) in [5.74, 6) is -1.06. The van der Waals surface area contributed by atoms with Crippen LogP contribution in [0.1, 0.15) is 23.5 Å². The molecule has 0 bridgehead atoms. The highest BCUT2D eigenvalue weighted by molar-refractivity contribution is 7.33. The summed E-state index contributed by atoms with van der Waals surface area (Å²) in [5.41, 5.74) is 0.481. The molecule has 150 valence electrons. The number of nitrogens with one attached hydrogen (secondary N) is 2. The van der Waals surface area contributed by atoms with E-state index in [1.54, 1.807) is 25.2 Å². The summed E-state index contributed by atoms with van der Waals surface area (Å²) < 4.78 is 13.7. The minimum atomic E-state index is -0.554. The van der Waals surface area contributed by atoms with Gasteiger partial charge >= 0.3 is 18.0 Å². The number of benzene rings is 1. The molecule has 9 heteroatoms. The van der Waals surface area contributed by atoms with Gasteiger partial charge in [-0.3, -0.25) is 0 Å². The number of amides is 2. The van der Waals surface area contributed by atoms with Crippen molar-refractivity contribution in [3.8, 4) is 0 Å². The van der Waals surface area contributed by atoms with Crippen LogP contribution in [0.2, 0.25) is 0 Å². The highest BCUT2D eigenvalue weighted by atomic mass is 32.1. The van der Waals surface area contributed by atoms with Gasteiger partial charge in [-0.25, -0.2) is 14.4 Å². The largest absolute Gasteiger partial charge is 0.463 e. The van der Waals surface area contributed by atoms with Gasteiger partial charge in [0.2, 0.25) is 0 Å². The van der Waals surface area contributed by atoms with Gasteiger partial charge < -0.3 is 20.1 Å². The molecule has 2 N–H and O–H groups in total. The molecule has 29 heavy (non-hydrogen) atoms. The molecule has 1 aliphatic heterocycles. The van der Waals surface area contributed by atoms with Crippen LogP contribution in [0.3, 0.4) is 0 Å². The molecule has 0 saturated carbocycles. The summed E-state index contributed by atoms with van der Waals surface area (Å²) in [7, 11) is 0. The fraction of sp³-hybridized carbons (Fsp3) is 0.250. The Labute approximate surface area is 174 Å². The van der Waals surface area contributed by atoms with E-state index < -0.39 is 24.0 Å². The van der Waals surface area contributed by atoms with E-state index in [1.165, 1.54) is 16.0 Å². The van der Waals surface area contributed by atoms with Crippen molar-refractivity contribution in [2.45, 2.75) is 19.9 Å². The molecule has 1 unspecified atom stereocenters. The van der Waals surface area contributed by atoms with E-state index in [1.807, 2.05) is 24.3 Å². The molecule has 1 atom stereocenters. The van der Waals surface area contributed by atoms with E-state index in [0.717, 1.165) is 14.8 Å². The summed E-state index contributed by atoms with van der Waals surface area (Å²) in [6, 6.07) is 8.85. The number of urea groups is 1. The lowest BCUT2D eigenvalue weighted by molar-refractivity contribution is -0.139. The third-order valence-corrected chi connectivity index (χ3v) is 6.86. The molecule has 4 rings (SSSR count). The van der Waals surface area contributed by atoms with Gasteiger partial charge in [0.15, 0.2) is 0 Å². The fourth-order valence-corrected chi connectivity index (χ4v) is 5.62. The summed E-state index contributed by atoms with van der Waals surface area (Å²) in [6.07, 6.45) is 0. The van der Waals surface area contributed by atoms with Gasteiger partial charge in [0.1, 0.15) is 11.5 Å². The van der Waals surface area contributed by atoms with Crippen LogP contribution in [-0.4, -0.2) is 37.2 Å². The zero-order valence-electron chi connectivity index (χ0n) is 15.7. The maximum atomic E-state index is 12.6. The van der Waals surface area contributed by atoms with E-state index in [2.05, 4.69) is 16.7 Å². The molecule has 7 nitrogen and oxygen atoms in total. The first-order valence-corrected chi connectivity index (χ1v) is 10.7. The van der Waals surface area contributed by atoms with Gasteiger partial charge in [-0.1, -0.05) is 18.2 Å². The van der Waals surface area contributed by atoms with Crippen LogP contribution in [0.25, 0.3) is 19.5 Å². The molecular formula is C20H18N2O5S2. The Morgan fingerprint density at radius 1 is 1.10 bits per heavy atom. The third kappa shape index (κ3) is 3.70. The maximum absolute atomic E-state index is 12.6. The topological polar surface area (TPSA) is 93.7 Å². The zero-order valence-corrected chi connectivity index (χ0v) is 17.4. The van der Waals surface area contributed by atoms with Crippen LogP contribution in [0, 0.1) is 0 Å². The lowest BCUT2D eigenvalue weighted by Gasteiger charge is -2.26. The van der Waals surface area contributed by atoms with Crippen LogP contribution < -0.4 is 10.6 Å². The molecule has 0 saturated heterocycles. The number of hydrogen-bond donors (Lipinski definition) is 2. The van der Waals surface area contributed by atoms with Gasteiger partial charge in [-0.2, -0.15) is 0 Å². The van der Waals surface area contributed by atoms with E-state index >= 15 is 0 Å². The molecule has 2 aromatic heterocycles. The van der Waals surface area contributed by atoms with Crippen molar-refractivity contribution in [1.29, 1.82) is 0 Å². The van der Waals surface area contributed by atoms with Crippen LogP contribution in [0.5, 0.6) is 0 Å². The number of carbonyl (C=O) groups excluding carboxylic acids is 3. The molecule has 2 amide bonds. The molecule has 3 heterocycles. The van der Waals surface area contributed by atoms with Crippen molar-refractivity contribution < 1.29 is 23.9 Å². The van der Waals surface area contributed by atoms with Crippen LogP contribution in [-0.2, 0) is 14.3 Å². The van der Waals surface area contributed by atoms with Crippen LogP contribution in [0.4, 0.5) is 4.79 Å². The lowest BCUT2D eigenvalue weighted by atomic mass is 10.0. The Hall–Kier alpha value is -2.91. The van der Waals surface area contributed by atoms with Gasteiger partial charge in [0.05, 0.1) is 28.6 Å². The Bertz CT molecular complexity index is 1160. The highest BCUT2D eigenvalue weighted by Gasteiger charge is 2.30. The first kappa shape index (κ1) is 19.4. The summed E-state index contributed by atoms with van der Waals surface area (Å²) in [4.78, 5) is 37.1. The monoisotopic (exact) mass is 430 g/mol. The summed E-state index contributed by atoms with van der Waals surface area (Å²) in [6.45, 7) is 3.35. The predicted octanol–water partition coefficient (Wildman–Crippen LogP) is 3.79. The number of hydrogen-bond acceptors (Lipinski definition) is 7.